The summed E-state index contributed by atoms with van der Waals surface area (Å²) in [7, 11) is 0. The van der Waals surface area contributed by atoms with Crippen molar-refractivity contribution < 1.29 is 13.2 Å². The molecule has 0 unspecified atom stereocenters. The van der Waals surface area contributed by atoms with Crippen LogP contribution >= 0.6 is 15.9 Å². The van der Waals surface area contributed by atoms with Crippen LogP contribution in [0.1, 0.15) is 11.1 Å². The highest BCUT2D eigenvalue weighted by atomic mass is 79.9. The average Bonchev–Trinajstić information content (AvgIpc) is 2.65. The van der Waals surface area contributed by atoms with Gasteiger partial charge in [-0.15, -0.1) is 0 Å². The normalized spacial score (nSPS) is 12.5. The molecular weight excluding hydrogens is 293 g/mol. The zero-order chi connectivity index (χ0) is 12.2. The number of halogens is 4. The van der Waals surface area contributed by atoms with Gasteiger partial charge in [0.05, 0.1) is 4.47 Å². The first-order valence-electron chi connectivity index (χ1n) is 5.03. The van der Waals surface area contributed by atoms with E-state index in [0.717, 1.165) is 11.6 Å². The first-order valence-corrected chi connectivity index (χ1v) is 5.82. The van der Waals surface area contributed by atoms with Crippen molar-refractivity contribution in [2.24, 2.45) is 0 Å². The van der Waals surface area contributed by atoms with Crippen LogP contribution < -0.4 is 0 Å². The molecule has 0 saturated heterocycles. The van der Waals surface area contributed by atoms with Crippen molar-refractivity contribution in [2.75, 3.05) is 0 Å². The highest BCUT2D eigenvalue weighted by Crippen LogP contribution is 2.42. The van der Waals surface area contributed by atoms with Gasteiger partial charge in [0.25, 0.3) is 0 Å². The van der Waals surface area contributed by atoms with Crippen LogP contribution in [0.15, 0.2) is 28.7 Å². The van der Waals surface area contributed by atoms with Crippen molar-refractivity contribution in [3.8, 4) is 11.1 Å². The van der Waals surface area contributed by atoms with Crippen LogP contribution in [-0.2, 0) is 6.42 Å². The number of hydrogen-bond acceptors (Lipinski definition) is 0. The predicted octanol–water partition coefficient (Wildman–Crippen LogP) is 4.44. The molecule has 1 aliphatic rings. The summed E-state index contributed by atoms with van der Waals surface area (Å²) in [5, 5.41) is 0. The zero-order valence-electron chi connectivity index (χ0n) is 8.53. The fourth-order valence-electron chi connectivity index (χ4n) is 2.23. The summed E-state index contributed by atoms with van der Waals surface area (Å²) < 4.78 is 40.5. The molecule has 0 N–H and O–H groups in total. The second-order valence-corrected chi connectivity index (χ2v) is 4.78. The van der Waals surface area contributed by atoms with Crippen molar-refractivity contribution in [1.82, 2.24) is 0 Å². The first-order chi connectivity index (χ1) is 8.08. The minimum absolute atomic E-state index is 0.255. The third kappa shape index (κ3) is 1.51. The first kappa shape index (κ1) is 10.8. The lowest BCUT2D eigenvalue weighted by atomic mass is 10.1. The molecule has 1 aliphatic carbocycles. The highest BCUT2D eigenvalue weighted by Gasteiger charge is 2.26. The summed E-state index contributed by atoms with van der Waals surface area (Å²) in [6.45, 7) is 0. The molecule has 0 spiro atoms. The Balaban J connectivity index is 2.36. The van der Waals surface area contributed by atoms with Gasteiger partial charge in [0, 0.05) is 11.6 Å². The smallest absolute Gasteiger partial charge is 0.140 e. The third-order valence-electron chi connectivity index (χ3n) is 2.98. The molecule has 0 fully saturated rings. The summed E-state index contributed by atoms with van der Waals surface area (Å²) >= 11 is 3.11. The van der Waals surface area contributed by atoms with E-state index < -0.39 is 17.5 Å². The van der Waals surface area contributed by atoms with Crippen molar-refractivity contribution in [1.29, 1.82) is 0 Å². The molecule has 0 radical (unpaired) electrons. The Morgan fingerprint density at radius 3 is 2.53 bits per heavy atom. The SMILES string of the molecule is Fc1ccc2c(c1)-c1c(F)cc(F)c(Br)c1C2. The summed E-state index contributed by atoms with van der Waals surface area (Å²) in [4.78, 5) is 0. The third-order valence-corrected chi connectivity index (χ3v) is 3.83. The van der Waals surface area contributed by atoms with E-state index in [2.05, 4.69) is 15.9 Å². The Kier molecular flexibility index (Phi) is 2.30. The van der Waals surface area contributed by atoms with Gasteiger partial charge >= 0.3 is 0 Å². The molecular formula is C13H6BrF3. The van der Waals surface area contributed by atoms with Gasteiger partial charge in [-0.25, -0.2) is 13.2 Å². The maximum atomic E-state index is 13.8. The monoisotopic (exact) mass is 298 g/mol. The van der Waals surface area contributed by atoms with Crippen LogP contribution in [0.3, 0.4) is 0 Å². The maximum absolute atomic E-state index is 13.8. The van der Waals surface area contributed by atoms with Gasteiger partial charge in [0.15, 0.2) is 0 Å². The molecule has 0 aliphatic heterocycles. The van der Waals surface area contributed by atoms with E-state index in [1.165, 1.54) is 12.1 Å². The number of rotatable bonds is 0. The molecule has 0 nitrogen and oxygen atoms in total. The average molecular weight is 299 g/mol. The molecule has 17 heavy (non-hydrogen) atoms. The Morgan fingerprint density at radius 1 is 1.00 bits per heavy atom. The summed E-state index contributed by atoms with van der Waals surface area (Å²) in [5.41, 5.74) is 2.17. The van der Waals surface area contributed by atoms with Crippen molar-refractivity contribution in [3.63, 3.8) is 0 Å². The van der Waals surface area contributed by atoms with E-state index in [-0.39, 0.29) is 4.47 Å². The predicted molar refractivity (Wildman–Crippen MR) is 62.3 cm³/mol. The Morgan fingerprint density at radius 2 is 1.76 bits per heavy atom. The van der Waals surface area contributed by atoms with Crippen molar-refractivity contribution >= 4 is 15.9 Å². The van der Waals surface area contributed by atoms with Crippen LogP contribution in [0.25, 0.3) is 11.1 Å². The summed E-state index contributed by atoms with van der Waals surface area (Å²) in [6, 6.07) is 5.04. The van der Waals surface area contributed by atoms with E-state index in [1.807, 2.05) is 0 Å². The van der Waals surface area contributed by atoms with Gasteiger partial charge in [-0.2, -0.15) is 0 Å². The van der Waals surface area contributed by atoms with Gasteiger partial charge in [-0.1, -0.05) is 6.07 Å². The van der Waals surface area contributed by atoms with E-state index in [9.17, 15) is 13.2 Å². The van der Waals surface area contributed by atoms with Crippen LogP contribution in [0.2, 0.25) is 0 Å². The lowest BCUT2D eigenvalue weighted by molar-refractivity contribution is 0.579. The second-order valence-electron chi connectivity index (χ2n) is 3.99. The van der Waals surface area contributed by atoms with Gasteiger partial charge in [-0.05, 0) is 51.2 Å². The summed E-state index contributed by atoms with van der Waals surface area (Å²) in [6.07, 6.45) is 0.417. The highest BCUT2D eigenvalue weighted by molar-refractivity contribution is 9.10. The van der Waals surface area contributed by atoms with Crippen LogP contribution in [-0.4, -0.2) is 0 Å². The summed E-state index contributed by atoms with van der Waals surface area (Å²) in [5.74, 6) is -1.70. The van der Waals surface area contributed by atoms with Crippen LogP contribution in [0, 0.1) is 17.5 Å². The maximum Gasteiger partial charge on any atom is 0.140 e. The van der Waals surface area contributed by atoms with Crippen molar-refractivity contribution in [2.45, 2.75) is 6.42 Å². The van der Waals surface area contributed by atoms with E-state index in [1.54, 1.807) is 6.07 Å². The molecule has 0 atom stereocenters. The minimum Gasteiger partial charge on any atom is -0.207 e. The molecule has 0 heterocycles. The fraction of sp³-hybridized carbons (Fsp3) is 0.0769. The van der Waals surface area contributed by atoms with Gasteiger partial charge in [-0.3, -0.25) is 0 Å². The van der Waals surface area contributed by atoms with Crippen LogP contribution in [0.4, 0.5) is 13.2 Å². The quantitative estimate of drug-likeness (QED) is 0.538. The fourth-order valence-corrected chi connectivity index (χ4v) is 2.68. The molecule has 0 saturated carbocycles. The van der Waals surface area contributed by atoms with E-state index >= 15 is 0 Å². The lowest BCUT2D eigenvalue weighted by Crippen LogP contribution is -1.91. The molecule has 0 amide bonds. The molecule has 0 bridgehead atoms. The van der Waals surface area contributed by atoms with Gasteiger partial charge in [0.1, 0.15) is 17.5 Å². The number of hydrogen-bond donors (Lipinski definition) is 0. The van der Waals surface area contributed by atoms with Gasteiger partial charge < -0.3 is 0 Å². The molecule has 2 aromatic rings. The van der Waals surface area contributed by atoms with Crippen LogP contribution in [0.5, 0.6) is 0 Å². The van der Waals surface area contributed by atoms with E-state index in [0.29, 0.717) is 23.1 Å². The largest absolute Gasteiger partial charge is 0.207 e. The Hall–Kier alpha value is -1.29. The standard InChI is InChI=1S/C13H6BrF3/c14-13-9-3-6-1-2-7(15)4-8(6)12(9)10(16)5-11(13)17/h1-2,4-5H,3H2. The van der Waals surface area contributed by atoms with Crippen molar-refractivity contribution in [3.05, 3.63) is 57.3 Å². The minimum atomic E-state index is -0.648. The Bertz CT molecular complexity index is 635. The molecule has 2 aromatic carbocycles. The zero-order valence-corrected chi connectivity index (χ0v) is 10.1. The number of benzene rings is 2. The molecule has 4 heteroatoms. The molecule has 0 aromatic heterocycles. The number of fused-ring (bicyclic) bond motifs is 3. The molecule has 3 rings (SSSR count). The topological polar surface area (TPSA) is 0 Å². The Labute approximate surface area is 104 Å². The van der Waals surface area contributed by atoms with Gasteiger partial charge in [0.2, 0.25) is 0 Å². The lowest BCUT2D eigenvalue weighted by Gasteiger charge is -2.05. The molecule has 86 valence electrons. The van der Waals surface area contributed by atoms with E-state index in [4.69, 9.17) is 0 Å². The second kappa shape index (κ2) is 3.60.